The zero-order valence-electron chi connectivity index (χ0n) is 14.3. The molecule has 1 unspecified atom stereocenters. The summed E-state index contributed by atoms with van der Waals surface area (Å²) in [5, 5.41) is 0. The zero-order valence-corrected chi connectivity index (χ0v) is 14.3. The summed E-state index contributed by atoms with van der Waals surface area (Å²) in [5.41, 5.74) is 1.30. The van der Waals surface area contributed by atoms with Gasteiger partial charge in [-0.25, -0.2) is 0 Å². The molecule has 0 fully saturated rings. The monoisotopic (exact) mass is 306 g/mol. The minimum atomic E-state index is -0.112. The summed E-state index contributed by atoms with van der Waals surface area (Å²) in [6.07, 6.45) is 7.05. The van der Waals surface area contributed by atoms with Crippen molar-refractivity contribution in [1.29, 1.82) is 0 Å². The molecule has 0 saturated heterocycles. The van der Waals surface area contributed by atoms with Gasteiger partial charge in [-0.05, 0) is 49.8 Å². The molecule has 1 aromatic rings. The summed E-state index contributed by atoms with van der Waals surface area (Å²) < 4.78 is 10.6. The van der Waals surface area contributed by atoms with Crippen molar-refractivity contribution in [2.45, 2.75) is 58.8 Å². The van der Waals surface area contributed by atoms with E-state index in [1.165, 1.54) is 18.4 Å². The van der Waals surface area contributed by atoms with Crippen LogP contribution in [0.1, 0.15) is 57.9 Å². The Bertz CT molecular complexity index is 411. The van der Waals surface area contributed by atoms with E-state index in [-0.39, 0.29) is 11.9 Å². The number of esters is 1. The van der Waals surface area contributed by atoms with Crippen molar-refractivity contribution in [3.63, 3.8) is 0 Å². The van der Waals surface area contributed by atoms with E-state index >= 15 is 0 Å². The Labute approximate surface area is 135 Å². The highest BCUT2D eigenvalue weighted by Crippen LogP contribution is 2.20. The molecule has 3 heteroatoms. The number of hydrogen-bond donors (Lipinski definition) is 0. The number of ether oxygens (including phenoxy) is 2. The van der Waals surface area contributed by atoms with E-state index in [4.69, 9.17) is 9.47 Å². The molecular formula is C19H30O3. The van der Waals surface area contributed by atoms with Crippen molar-refractivity contribution in [3.05, 3.63) is 29.8 Å². The van der Waals surface area contributed by atoms with Crippen LogP contribution in [0.15, 0.2) is 24.3 Å². The first-order valence-electron chi connectivity index (χ1n) is 8.50. The number of benzene rings is 1. The van der Waals surface area contributed by atoms with Crippen molar-refractivity contribution in [2.24, 2.45) is 5.92 Å². The van der Waals surface area contributed by atoms with E-state index in [2.05, 4.69) is 26.0 Å². The fraction of sp³-hybridized carbons (Fsp3) is 0.632. The molecule has 124 valence electrons. The molecule has 0 aliphatic heterocycles. The molecule has 0 aromatic heterocycles. The normalized spacial score (nSPS) is 12.1. The van der Waals surface area contributed by atoms with Gasteiger partial charge < -0.3 is 9.47 Å². The van der Waals surface area contributed by atoms with Gasteiger partial charge >= 0.3 is 5.97 Å². The van der Waals surface area contributed by atoms with Crippen LogP contribution in [-0.2, 0) is 16.0 Å². The summed E-state index contributed by atoms with van der Waals surface area (Å²) >= 11 is 0. The second-order valence-electron chi connectivity index (χ2n) is 5.79. The number of methoxy groups -OCH3 is 1. The largest absolute Gasteiger partial charge is 0.426 e. The van der Waals surface area contributed by atoms with E-state index < -0.39 is 0 Å². The Kier molecular flexibility index (Phi) is 9.56. The first-order chi connectivity index (χ1) is 10.7. The highest BCUT2D eigenvalue weighted by atomic mass is 16.5. The maximum Gasteiger partial charge on any atom is 0.314 e. The van der Waals surface area contributed by atoms with E-state index in [0.29, 0.717) is 12.4 Å². The van der Waals surface area contributed by atoms with Crippen LogP contribution in [0.25, 0.3) is 0 Å². The maximum atomic E-state index is 12.3. The molecule has 0 heterocycles. The minimum Gasteiger partial charge on any atom is -0.426 e. The predicted molar refractivity (Wildman–Crippen MR) is 90.2 cm³/mol. The third-order valence-electron chi connectivity index (χ3n) is 3.83. The van der Waals surface area contributed by atoms with E-state index in [0.717, 1.165) is 32.1 Å². The lowest BCUT2D eigenvalue weighted by atomic mass is 9.98. The number of carbonyl (C=O) groups is 1. The zero-order chi connectivity index (χ0) is 16.2. The van der Waals surface area contributed by atoms with Crippen molar-refractivity contribution in [2.75, 3.05) is 13.7 Å². The Morgan fingerprint density at radius 3 is 2.36 bits per heavy atom. The van der Waals surface area contributed by atoms with Gasteiger partial charge in [0.05, 0.1) is 5.92 Å². The molecule has 1 atom stereocenters. The average Bonchev–Trinajstić information content (AvgIpc) is 2.53. The molecule has 0 spiro atoms. The first kappa shape index (κ1) is 18.7. The Balaban J connectivity index is 2.52. The van der Waals surface area contributed by atoms with Crippen LogP contribution in [0.4, 0.5) is 0 Å². The third kappa shape index (κ3) is 7.08. The SMILES string of the molecule is CCCCc1ccc(OC(=O)C(CCC)CCCOC)cc1. The number of unbranched alkanes of at least 4 members (excludes halogenated alkanes) is 1. The highest BCUT2D eigenvalue weighted by molar-refractivity contribution is 5.75. The van der Waals surface area contributed by atoms with Gasteiger partial charge in [-0.2, -0.15) is 0 Å². The summed E-state index contributed by atoms with van der Waals surface area (Å²) in [6.45, 7) is 4.98. The molecule has 1 aromatic carbocycles. The average molecular weight is 306 g/mol. The molecule has 1 rings (SSSR count). The Morgan fingerprint density at radius 1 is 1.05 bits per heavy atom. The maximum absolute atomic E-state index is 12.3. The van der Waals surface area contributed by atoms with Crippen LogP contribution in [0, 0.1) is 5.92 Å². The quantitative estimate of drug-likeness (QED) is 0.335. The highest BCUT2D eigenvalue weighted by Gasteiger charge is 2.19. The van der Waals surface area contributed by atoms with Gasteiger partial charge in [-0.15, -0.1) is 0 Å². The standard InChI is InChI=1S/C19H30O3/c1-4-6-9-16-11-13-18(14-12-16)22-19(20)17(8-5-2)10-7-15-21-3/h11-14,17H,4-10,15H2,1-3H3. The van der Waals surface area contributed by atoms with Gasteiger partial charge in [0.15, 0.2) is 0 Å². The van der Waals surface area contributed by atoms with Crippen molar-refractivity contribution in [1.82, 2.24) is 0 Å². The fourth-order valence-electron chi connectivity index (χ4n) is 2.51. The Hall–Kier alpha value is -1.35. The second-order valence-corrected chi connectivity index (χ2v) is 5.79. The van der Waals surface area contributed by atoms with Crippen LogP contribution in [0.2, 0.25) is 0 Å². The molecule has 22 heavy (non-hydrogen) atoms. The molecule has 0 aliphatic carbocycles. The molecule has 0 N–H and O–H groups in total. The summed E-state index contributed by atoms with van der Waals surface area (Å²) in [7, 11) is 1.69. The van der Waals surface area contributed by atoms with Gasteiger partial charge in [0.2, 0.25) is 0 Å². The van der Waals surface area contributed by atoms with Gasteiger partial charge in [0.25, 0.3) is 0 Å². The van der Waals surface area contributed by atoms with Gasteiger partial charge in [0, 0.05) is 13.7 Å². The lowest BCUT2D eigenvalue weighted by Crippen LogP contribution is -2.21. The van der Waals surface area contributed by atoms with E-state index in [1.807, 2.05) is 12.1 Å². The molecule has 0 bridgehead atoms. The van der Waals surface area contributed by atoms with Crippen molar-refractivity contribution in [3.8, 4) is 5.75 Å². The molecule has 3 nitrogen and oxygen atoms in total. The molecule has 0 saturated carbocycles. The molecule has 0 aliphatic rings. The van der Waals surface area contributed by atoms with Crippen LogP contribution >= 0.6 is 0 Å². The van der Waals surface area contributed by atoms with E-state index in [9.17, 15) is 4.79 Å². The molecule has 0 amide bonds. The number of hydrogen-bond acceptors (Lipinski definition) is 3. The summed E-state index contributed by atoms with van der Waals surface area (Å²) in [5.74, 6) is 0.511. The van der Waals surface area contributed by atoms with Gasteiger partial charge in [-0.1, -0.05) is 38.8 Å². The summed E-state index contributed by atoms with van der Waals surface area (Å²) in [6, 6.07) is 7.91. The number of aryl methyl sites for hydroxylation is 1. The lowest BCUT2D eigenvalue weighted by molar-refractivity contribution is -0.139. The summed E-state index contributed by atoms with van der Waals surface area (Å²) in [4.78, 5) is 12.3. The topological polar surface area (TPSA) is 35.5 Å². The van der Waals surface area contributed by atoms with Crippen molar-refractivity contribution >= 4 is 5.97 Å². The first-order valence-corrected chi connectivity index (χ1v) is 8.50. The van der Waals surface area contributed by atoms with Crippen LogP contribution < -0.4 is 4.74 Å². The predicted octanol–water partition coefficient (Wildman–Crippen LogP) is 4.78. The smallest absolute Gasteiger partial charge is 0.314 e. The second kappa shape index (κ2) is 11.2. The number of carbonyl (C=O) groups excluding carboxylic acids is 1. The molecule has 0 radical (unpaired) electrons. The Morgan fingerprint density at radius 2 is 1.77 bits per heavy atom. The van der Waals surface area contributed by atoms with Crippen LogP contribution in [0.3, 0.4) is 0 Å². The van der Waals surface area contributed by atoms with Crippen molar-refractivity contribution < 1.29 is 14.3 Å². The van der Waals surface area contributed by atoms with E-state index in [1.54, 1.807) is 7.11 Å². The van der Waals surface area contributed by atoms with Crippen LogP contribution in [0.5, 0.6) is 5.75 Å². The molecular weight excluding hydrogens is 276 g/mol. The van der Waals surface area contributed by atoms with Crippen LogP contribution in [-0.4, -0.2) is 19.7 Å². The lowest BCUT2D eigenvalue weighted by Gasteiger charge is -2.15. The third-order valence-corrected chi connectivity index (χ3v) is 3.83. The number of rotatable bonds is 11. The van der Waals surface area contributed by atoms with Gasteiger partial charge in [-0.3, -0.25) is 4.79 Å². The van der Waals surface area contributed by atoms with Gasteiger partial charge in [0.1, 0.15) is 5.75 Å². The minimum absolute atomic E-state index is 0.0279. The fourth-order valence-corrected chi connectivity index (χ4v) is 2.51.